The highest BCUT2D eigenvalue weighted by Gasteiger charge is 2.47. The van der Waals surface area contributed by atoms with Crippen molar-refractivity contribution >= 4 is 11.9 Å². The van der Waals surface area contributed by atoms with Gasteiger partial charge in [0.25, 0.3) is 0 Å². The molecule has 1 amide bonds. The molecule has 0 spiro atoms. The number of unbranched alkanes of at least 4 members (excludes halogenated alkanes) is 33. The number of carbonyl (C=O) groups is 2. The maximum atomic E-state index is 13.4. The second-order valence-electron chi connectivity index (χ2n) is 20.4. The zero-order valence-electron chi connectivity index (χ0n) is 44.7. The number of ether oxygens (including phenoxy) is 3. The number of hydrogen-bond acceptors (Lipinski definition) is 10. The summed E-state index contributed by atoms with van der Waals surface area (Å²) in [6.45, 7) is 5.77. The van der Waals surface area contributed by atoms with Gasteiger partial charge in [-0.15, -0.1) is 0 Å². The van der Waals surface area contributed by atoms with Crippen LogP contribution in [0.1, 0.15) is 271 Å². The van der Waals surface area contributed by atoms with Crippen LogP contribution in [0.3, 0.4) is 0 Å². The Morgan fingerprint density at radius 1 is 0.551 bits per heavy atom. The van der Waals surface area contributed by atoms with Crippen LogP contribution in [0.25, 0.3) is 0 Å². The van der Waals surface area contributed by atoms with E-state index in [1.54, 1.807) is 6.08 Å². The van der Waals surface area contributed by atoms with E-state index < -0.39 is 67.4 Å². The molecule has 1 rings (SSSR count). The summed E-state index contributed by atoms with van der Waals surface area (Å²) in [4.78, 5) is 26.4. The van der Waals surface area contributed by atoms with Crippen LogP contribution >= 0.6 is 0 Å². The van der Waals surface area contributed by atoms with E-state index in [1.165, 1.54) is 161 Å². The van der Waals surface area contributed by atoms with E-state index >= 15 is 0 Å². The zero-order valence-corrected chi connectivity index (χ0v) is 44.7. The van der Waals surface area contributed by atoms with Crippen LogP contribution in [0, 0.1) is 0 Å². The first-order valence-corrected chi connectivity index (χ1v) is 29.1. The largest absolute Gasteiger partial charge is 0.454 e. The van der Waals surface area contributed by atoms with E-state index in [-0.39, 0.29) is 13.0 Å². The maximum Gasteiger partial charge on any atom is 0.306 e. The van der Waals surface area contributed by atoms with E-state index in [0.29, 0.717) is 19.3 Å². The lowest BCUT2D eigenvalue weighted by Gasteiger charge is -2.41. The van der Waals surface area contributed by atoms with Crippen molar-refractivity contribution in [2.75, 3.05) is 13.2 Å². The van der Waals surface area contributed by atoms with Gasteiger partial charge < -0.3 is 45.1 Å². The highest BCUT2D eigenvalue weighted by Crippen LogP contribution is 2.26. The monoisotopic (exact) mass is 980 g/mol. The van der Waals surface area contributed by atoms with Gasteiger partial charge in [-0.3, -0.25) is 9.59 Å². The second kappa shape index (κ2) is 47.2. The van der Waals surface area contributed by atoms with Crippen LogP contribution in [0.15, 0.2) is 24.3 Å². The van der Waals surface area contributed by atoms with Crippen molar-refractivity contribution in [3.05, 3.63) is 24.3 Å². The highest BCUT2D eigenvalue weighted by atomic mass is 16.7. The molecule has 0 bridgehead atoms. The Labute approximate surface area is 422 Å². The normalized spacial score (nSPS) is 19.9. The minimum Gasteiger partial charge on any atom is -0.454 e. The zero-order chi connectivity index (χ0) is 50.4. The van der Waals surface area contributed by atoms with E-state index in [1.807, 2.05) is 6.08 Å². The highest BCUT2D eigenvalue weighted by molar-refractivity contribution is 5.80. The molecule has 0 aliphatic carbocycles. The number of carbonyl (C=O) groups excluding carboxylic acids is 2. The summed E-state index contributed by atoms with van der Waals surface area (Å²) in [5.41, 5.74) is 0. The van der Waals surface area contributed by atoms with Crippen molar-refractivity contribution in [1.29, 1.82) is 0 Å². The third kappa shape index (κ3) is 35.8. The maximum absolute atomic E-state index is 13.4. The number of aliphatic hydroxyl groups is 5. The molecular weight excluding hydrogens is 871 g/mol. The summed E-state index contributed by atoms with van der Waals surface area (Å²) < 4.78 is 17.5. The lowest BCUT2D eigenvalue weighted by Crippen LogP contribution is -2.61. The van der Waals surface area contributed by atoms with E-state index in [9.17, 15) is 35.1 Å². The molecule has 8 atom stereocenters. The van der Waals surface area contributed by atoms with Crippen LogP contribution in [-0.4, -0.2) is 99.6 Å². The van der Waals surface area contributed by atoms with Gasteiger partial charge in [-0.2, -0.15) is 0 Å². The molecule has 6 N–H and O–H groups in total. The number of amides is 1. The minimum atomic E-state index is -1.61. The van der Waals surface area contributed by atoms with Gasteiger partial charge in [-0.05, 0) is 51.4 Å². The number of aliphatic hydroxyl groups excluding tert-OH is 5. The van der Waals surface area contributed by atoms with Gasteiger partial charge in [-0.25, -0.2) is 0 Å². The summed E-state index contributed by atoms with van der Waals surface area (Å²) >= 11 is 0. The fourth-order valence-corrected chi connectivity index (χ4v) is 9.18. The topological polar surface area (TPSA) is 175 Å². The van der Waals surface area contributed by atoms with E-state index in [4.69, 9.17) is 14.2 Å². The molecule has 1 fully saturated rings. The lowest BCUT2D eigenvalue weighted by molar-refractivity contribution is -0.305. The molecule has 8 unspecified atom stereocenters. The molecule has 406 valence electrons. The lowest BCUT2D eigenvalue weighted by atomic mass is 9.99. The minimum absolute atomic E-state index is 0.107. The molecule has 0 saturated carbocycles. The standard InChI is InChI=1S/C58H109NO10/c1-4-7-10-13-16-19-22-24-25-26-28-30-33-36-39-42-45-51(62)57(66)59-49(50(61)44-41-38-35-32-29-21-18-15-12-9-6-3)48-67-58-56(55(65)54(64)52(47-60)68-58)69-53(63)46-43-40-37-34-31-27-23-20-17-14-11-8-5-2/h27,31,41,44,49-52,54-56,58,60-62,64-65H,4-26,28-30,32-40,42-43,45-48H2,1-3H3,(H,59,66)/b31-27-,44-41+. The Morgan fingerprint density at radius 3 is 1.41 bits per heavy atom. The molecule has 0 aromatic rings. The van der Waals surface area contributed by atoms with Crippen LogP contribution in [0.4, 0.5) is 0 Å². The van der Waals surface area contributed by atoms with Crippen molar-refractivity contribution in [3.8, 4) is 0 Å². The second-order valence-corrected chi connectivity index (χ2v) is 20.4. The predicted molar refractivity (Wildman–Crippen MR) is 283 cm³/mol. The van der Waals surface area contributed by atoms with Crippen LogP contribution in [0.2, 0.25) is 0 Å². The van der Waals surface area contributed by atoms with Gasteiger partial charge in [-0.1, -0.05) is 238 Å². The van der Waals surface area contributed by atoms with Crippen molar-refractivity contribution in [3.63, 3.8) is 0 Å². The Morgan fingerprint density at radius 2 is 0.957 bits per heavy atom. The molecule has 11 heteroatoms. The van der Waals surface area contributed by atoms with Gasteiger partial charge in [0, 0.05) is 6.42 Å². The summed E-state index contributed by atoms with van der Waals surface area (Å²) in [5.74, 6) is -1.20. The summed E-state index contributed by atoms with van der Waals surface area (Å²) in [6, 6.07) is -1.02. The fraction of sp³-hybridized carbons (Fsp3) is 0.897. The molecule has 1 aliphatic rings. The van der Waals surface area contributed by atoms with Crippen LogP contribution in [0.5, 0.6) is 0 Å². The SMILES string of the molecule is CCCCCCCC/C=C\CCCCCC(=O)OC1C(OCC(NC(=O)C(O)CCCCCCCCCCCCCCCCCC)C(O)/C=C/CCCCCCCCCCC)OC(CO)C(O)C1O. The molecule has 1 saturated heterocycles. The third-order valence-corrected chi connectivity index (χ3v) is 13.9. The summed E-state index contributed by atoms with van der Waals surface area (Å²) in [7, 11) is 0. The van der Waals surface area contributed by atoms with Gasteiger partial charge in [0.2, 0.25) is 5.91 Å². The third-order valence-electron chi connectivity index (χ3n) is 13.9. The molecule has 0 aromatic heterocycles. The number of allylic oxidation sites excluding steroid dienone is 3. The van der Waals surface area contributed by atoms with Gasteiger partial charge >= 0.3 is 5.97 Å². The van der Waals surface area contributed by atoms with Crippen molar-refractivity contribution in [2.45, 2.75) is 320 Å². The van der Waals surface area contributed by atoms with Gasteiger partial charge in [0.05, 0.1) is 25.4 Å². The number of rotatable bonds is 49. The van der Waals surface area contributed by atoms with E-state index in [2.05, 4.69) is 38.2 Å². The molecule has 11 nitrogen and oxygen atoms in total. The summed E-state index contributed by atoms with van der Waals surface area (Å²) in [6.07, 6.45) is 42.2. The Balaban J connectivity index is 2.71. The van der Waals surface area contributed by atoms with E-state index in [0.717, 1.165) is 64.2 Å². The summed E-state index contributed by atoms with van der Waals surface area (Å²) in [5, 5.41) is 56.8. The molecule has 0 aromatic carbocycles. The molecule has 1 heterocycles. The van der Waals surface area contributed by atoms with Crippen molar-refractivity contribution < 1.29 is 49.3 Å². The molecule has 69 heavy (non-hydrogen) atoms. The number of nitrogens with one attached hydrogen (secondary N) is 1. The average Bonchev–Trinajstić information content (AvgIpc) is 3.34. The van der Waals surface area contributed by atoms with Crippen molar-refractivity contribution in [2.24, 2.45) is 0 Å². The predicted octanol–water partition coefficient (Wildman–Crippen LogP) is 12.9. The number of hydrogen-bond donors (Lipinski definition) is 6. The van der Waals surface area contributed by atoms with Crippen molar-refractivity contribution in [1.82, 2.24) is 5.32 Å². The first kappa shape index (κ1) is 65.2. The molecular formula is C58H109NO10. The Hall–Kier alpha value is -1.86. The van der Waals surface area contributed by atoms with Gasteiger partial charge in [0.15, 0.2) is 12.4 Å². The van der Waals surface area contributed by atoms with Crippen LogP contribution in [-0.2, 0) is 23.8 Å². The number of esters is 1. The molecule has 1 aliphatic heterocycles. The Bertz CT molecular complexity index is 1220. The quantitative estimate of drug-likeness (QED) is 0.0196. The average molecular weight is 981 g/mol. The van der Waals surface area contributed by atoms with Crippen LogP contribution < -0.4 is 5.32 Å². The molecule has 0 radical (unpaired) electrons. The fourth-order valence-electron chi connectivity index (χ4n) is 9.18. The first-order chi connectivity index (χ1) is 33.7. The van der Waals surface area contributed by atoms with Gasteiger partial charge in [0.1, 0.15) is 24.4 Å². The first-order valence-electron chi connectivity index (χ1n) is 29.1. The smallest absolute Gasteiger partial charge is 0.306 e. The Kier molecular flexibility index (Phi) is 44.5.